The SMILES string of the molecule is C=C(CCc1cccnc1)c1ccc(C2=NCCC2)cc1C.CCCc1cccc(F)c1. The molecule has 2 nitrogen and oxygen atoms in total. The Morgan fingerprint density at radius 1 is 1.03 bits per heavy atom. The lowest BCUT2D eigenvalue weighted by Gasteiger charge is -2.11. The predicted molar refractivity (Wildman–Crippen MR) is 134 cm³/mol. The largest absolute Gasteiger partial charge is 0.289 e. The lowest BCUT2D eigenvalue weighted by Crippen LogP contribution is -1.99. The highest BCUT2D eigenvalue weighted by atomic mass is 19.1. The van der Waals surface area contributed by atoms with Gasteiger partial charge in [0.1, 0.15) is 5.82 Å². The molecule has 2 aromatic carbocycles. The average Bonchev–Trinajstić information content (AvgIpc) is 3.34. The number of aryl methyl sites for hydroxylation is 3. The van der Waals surface area contributed by atoms with Gasteiger partial charge in [0, 0.05) is 24.7 Å². The van der Waals surface area contributed by atoms with Gasteiger partial charge < -0.3 is 0 Å². The second kappa shape index (κ2) is 12.1. The van der Waals surface area contributed by atoms with Gasteiger partial charge in [-0.15, -0.1) is 0 Å². The minimum Gasteiger partial charge on any atom is -0.289 e. The van der Waals surface area contributed by atoms with Gasteiger partial charge in [-0.1, -0.05) is 50.3 Å². The highest BCUT2D eigenvalue weighted by Gasteiger charge is 2.11. The molecule has 0 fully saturated rings. The van der Waals surface area contributed by atoms with E-state index in [1.165, 1.54) is 46.0 Å². The molecule has 0 bridgehead atoms. The first-order valence-electron chi connectivity index (χ1n) is 11.5. The summed E-state index contributed by atoms with van der Waals surface area (Å²) in [6, 6.07) is 17.5. The van der Waals surface area contributed by atoms with E-state index in [4.69, 9.17) is 0 Å². The van der Waals surface area contributed by atoms with Crippen LogP contribution in [0.5, 0.6) is 0 Å². The number of halogens is 1. The fourth-order valence-electron chi connectivity index (χ4n) is 3.97. The first-order chi connectivity index (χ1) is 15.6. The Hall–Kier alpha value is -3.07. The molecule has 166 valence electrons. The van der Waals surface area contributed by atoms with Crippen molar-refractivity contribution in [3.05, 3.63) is 107 Å². The van der Waals surface area contributed by atoms with Gasteiger partial charge in [0.2, 0.25) is 0 Å². The standard InChI is InChI=1S/C20H22N2.C9H11F/c1-15(7-8-17-5-3-11-21-14-17)19-10-9-18(13-16(19)2)20-6-4-12-22-20;1-2-4-8-5-3-6-9(10)7-8/h3,5,9-11,13-14H,1,4,6-8,12H2,2H3;3,5-7H,2,4H2,1H3. The minimum absolute atomic E-state index is 0.133. The number of allylic oxidation sites excluding steroid dienone is 1. The summed E-state index contributed by atoms with van der Waals surface area (Å²) < 4.78 is 12.5. The molecule has 0 spiro atoms. The third-order valence-corrected chi connectivity index (χ3v) is 5.68. The van der Waals surface area contributed by atoms with Crippen LogP contribution in [-0.2, 0) is 12.8 Å². The Morgan fingerprint density at radius 2 is 1.88 bits per heavy atom. The van der Waals surface area contributed by atoms with Gasteiger partial charge in [0.15, 0.2) is 0 Å². The molecule has 32 heavy (non-hydrogen) atoms. The van der Waals surface area contributed by atoms with E-state index >= 15 is 0 Å². The fourth-order valence-corrected chi connectivity index (χ4v) is 3.97. The van der Waals surface area contributed by atoms with Crippen molar-refractivity contribution < 1.29 is 4.39 Å². The summed E-state index contributed by atoms with van der Waals surface area (Å²) in [5.74, 6) is -0.133. The van der Waals surface area contributed by atoms with Gasteiger partial charge in [0.05, 0.1) is 0 Å². The predicted octanol–water partition coefficient (Wildman–Crippen LogP) is 7.40. The molecule has 3 heteroatoms. The van der Waals surface area contributed by atoms with Crippen LogP contribution in [0.25, 0.3) is 5.57 Å². The van der Waals surface area contributed by atoms with Crippen LogP contribution in [0.2, 0.25) is 0 Å². The average molecular weight is 429 g/mol. The third kappa shape index (κ3) is 6.98. The molecular weight excluding hydrogens is 395 g/mol. The van der Waals surface area contributed by atoms with Crippen molar-refractivity contribution in [3.8, 4) is 0 Å². The number of rotatable bonds is 7. The Bertz CT molecular complexity index is 1050. The van der Waals surface area contributed by atoms with Crippen LogP contribution in [0.15, 0.2) is 78.6 Å². The van der Waals surface area contributed by atoms with Crippen molar-refractivity contribution >= 4 is 11.3 Å². The zero-order valence-electron chi connectivity index (χ0n) is 19.3. The maximum atomic E-state index is 12.5. The second-order valence-corrected chi connectivity index (χ2v) is 8.31. The maximum Gasteiger partial charge on any atom is 0.123 e. The van der Waals surface area contributed by atoms with Crippen LogP contribution in [0.3, 0.4) is 0 Å². The van der Waals surface area contributed by atoms with E-state index in [0.29, 0.717) is 0 Å². The highest BCUT2D eigenvalue weighted by Crippen LogP contribution is 2.24. The monoisotopic (exact) mass is 428 g/mol. The zero-order chi connectivity index (χ0) is 22.8. The molecule has 0 saturated carbocycles. The summed E-state index contributed by atoms with van der Waals surface area (Å²) in [7, 11) is 0. The molecular formula is C29H33FN2. The van der Waals surface area contributed by atoms with Crippen LogP contribution in [0.4, 0.5) is 4.39 Å². The van der Waals surface area contributed by atoms with Gasteiger partial charge in [-0.25, -0.2) is 4.39 Å². The quantitative estimate of drug-likeness (QED) is 0.385. The summed E-state index contributed by atoms with van der Waals surface area (Å²) in [5, 5.41) is 0. The number of pyridine rings is 1. The molecule has 1 aromatic heterocycles. The van der Waals surface area contributed by atoms with Gasteiger partial charge in [-0.05, 0) is 96.7 Å². The van der Waals surface area contributed by atoms with Crippen LogP contribution < -0.4 is 0 Å². The Balaban J connectivity index is 0.000000243. The second-order valence-electron chi connectivity index (χ2n) is 8.31. The lowest BCUT2D eigenvalue weighted by atomic mass is 9.94. The van der Waals surface area contributed by atoms with E-state index < -0.39 is 0 Å². The van der Waals surface area contributed by atoms with Gasteiger partial charge in [0.25, 0.3) is 0 Å². The minimum atomic E-state index is -0.133. The fraction of sp³-hybridized carbons (Fsp3) is 0.310. The van der Waals surface area contributed by atoms with E-state index in [9.17, 15) is 4.39 Å². The van der Waals surface area contributed by atoms with Crippen LogP contribution in [-0.4, -0.2) is 17.2 Å². The van der Waals surface area contributed by atoms with Gasteiger partial charge in [-0.2, -0.15) is 0 Å². The normalized spacial score (nSPS) is 12.7. The van der Waals surface area contributed by atoms with E-state index in [1.807, 2.05) is 24.5 Å². The lowest BCUT2D eigenvalue weighted by molar-refractivity contribution is 0.625. The molecule has 0 saturated heterocycles. The zero-order valence-corrected chi connectivity index (χ0v) is 19.3. The first kappa shape index (κ1) is 23.6. The van der Waals surface area contributed by atoms with Crippen LogP contribution in [0.1, 0.15) is 60.4 Å². The number of hydrogen-bond donors (Lipinski definition) is 0. The summed E-state index contributed by atoms with van der Waals surface area (Å²) in [4.78, 5) is 8.75. The number of hydrogen-bond acceptors (Lipinski definition) is 2. The van der Waals surface area contributed by atoms with E-state index in [-0.39, 0.29) is 5.82 Å². The molecule has 1 aliphatic rings. The number of aliphatic imine (C=N–C) groups is 1. The first-order valence-corrected chi connectivity index (χ1v) is 11.5. The highest BCUT2D eigenvalue weighted by molar-refractivity contribution is 6.01. The Kier molecular flexibility index (Phi) is 8.91. The topological polar surface area (TPSA) is 25.2 Å². The molecule has 0 unspecified atom stereocenters. The molecule has 3 aromatic rings. The van der Waals surface area contributed by atoms with Gasteiger partial charge >= 0.3 is 0 Å². The number of benzene rings is 2. The van der Waals surface area contributed by atoms with Crippen molar-refractivity contribution in [2.45, 2.75) is 52.4 Å². The number of nitrogens with zero attached hydrogens (tertiary/aromatic N) is 2. The molecule has 0 amide bonds. The maximum absolute atomic E-state index is 12.5. The van der Waals surface area contributed by atoms with Crippen molar-refractivity contribution in [3.63, 3.8) is 0 Å². The molecule has 4 rings (SSSR count). The summed E-state index contributed by atoms with van der Waals surface area (Å²) in [5.41, 5.74) is 8.64. The summed E-state index contributed by atoms with van der Waals surface area (Å²) >= 11 is 0. The van der Waals surface area contributed by atoms with Crippen LogP contribution in [0, 0.1) is 12.7 Å². The molecule has 0 aliphatic carbocycles. The van der Waals surface area contributed by atoms with E-state index in [1.54, 1.807) is 12.1 Å². The third-order valence-electron chi connectivity index (χ3n) is 5.68. The van der Waals surface area contributed by atoms with Gasteiger partial charge in [-0.3, -0.25) is 9.98 Å². The molecule has 2 heterocycles. The molecule has 0 atom stereocenters. The number of aromatic nitrogens is 1. The summed E-state index contributed by atoms with van der Waals surface area (Å²) in [6.07, 6.45) is 10.0. The van der Waals surface area contributed by atoms with Crippen molar-refractivity contribution in [2.75, 3.05) is 6.54 Å². The van der Waals surface area contributed by atoms with E-state index in [0.717, 1.165) is 44.2 Å². The Labute approximate surface area is 192 Å². The Morgan fingerprint density at radius 3 is 2.53 bits per heavy atom. The van der Waals surface area contributed by atoms with E-state index in [2.05, 4.69) is 54.7 Å². The smallest absolute Gasteiger partial charge is 0.123 e. The van der Waals surface area contributed by atoms with Crippen molar-refractivity contribution in [2.24, 2.45) is 4.99 Å². The van der Waals surface area contributed by atoms with Crippen molar-refractivity contribution in [1.82, 2.24) is 4.98 Å². The van der Waals surface area contributed by atoms with Crippen LogP contribution >= 0.6 is 0 Å². The summed E-state index contributed by atoms with van der Waals surface area (Å²) in [6.45, 7) is 9.52. The molecule has 1 aliphatic heterocycles. The van der Waals surface area contributed by atoms with Crippen molar-refractivity contribution in [1.29, 1.82) is 0 Å². The molecule has 0 radical (unpaired) electrons. The molecule has 0 N–H and O–H groups in total.